The van der Waals surface area contributed by atoms with Crippen molar-refractivity contribution < 1.29 is 13.9 Å². The molecule has 21 heavy (non-hydrogen) atoms. The van der Waals surface area contributed by atoms with Crippen LogP contribution in [-0.4, -0.2) is 25.1 Å². The standard InChI is InChI=1S/C16H23FN2O2/c1-11(2)21-15-5-4-13(17)9-14(15)19-16(20)6-3-12-7-8-18-10-12/h4-5,9,11-12,18H,3,6-8,10H2,1-2H3,(H,19,20). The molecule has 0 aromatic heterocycles. The zero-order valence-electron chi connectivity index (χ0n) is 12.6. The van der Waals surface area contributed by atoms with Gasteiger partial charge in [0.25, 0.3) is 0 Å². The van der Waals surface area contributed by atoms with Crippen LogP contribution in [0.4, 0.5) is 10.1 Å². The number of ether oxygens (including phenoxy) is 1. The Morgan fingerprint density at radius 1 is 1.52 bits per heavy atom. The molecule has 1 fully saturated rings. The Labute approximate surface area is 125 Å². The van der Waals surface area contributed by atoms with E-state index in [0.29, 0.717) is 23.8 Å². The van der Waals surface area contributed by atoms with Gasteiger partial charge in [-0.25, -0.2) is 4.39 Å². The third kappa shape index (κ3) is 5.01. The van der Waals surface area contributed by atoms with Gasteiger partial charge in [-0.15, -0.1) is 0 Å². The van der Waals surface area contributed by atoms with Crippen LogP contribution in [0, 0.1) is 11.7 Å². The summed E-state index contributed by atoms with van der Waals surface area (Å²) in [7, 11) is 0. The molecule has 5 heteroatoms. The van der Waals surface area contributed by atoms with Crippen molar-refractivity contribution in [1.29, 1.82) is 0 Å². The van der Waals surface area contributed by atoms with Crippen LogP contribution in [0.3, 0.4) is 0 Å². The lowest BCUT2D eigenvalue weighted by Gasteiger charge is -2.15. The topological polar surface area (TPSA) is 50.4 Å². The van der Waals surface area contributed by atoms with Crippen LogP contribution >= 0.6 is 0 Å². The van der Waals surface area contributed by atoms with E-state index in [1.54, 1.807) is 6.07 Å². The van der Waals surface area contributed by atoms with Crippen molar-refractivity contribution in [2.45, 2.75) is 39.2 Å². The van der Waals surface area contributed by atoms with Crippen molar-refractivity contribution in [1.82, 2.24) is 5.32 Å². The number of halogens is 1. The number of hydrogen-bond acceptors (Lipinski definition) is 3. The van der Waals surface area contributed by atoms with Crippen LogP contribution in [0.2, 0.25) is 0 Å². The van der Waals surface area contributed by atoms with Gasteiger partial charge in [0.2, 0.25) is 5.91 Å². The predicted octanol–water partition coefficient (Wildman–Crippen LogP) is 2.94. The fourth-order valence-electron chi connectivity index (χ4n) is 2.47. The molecule has 1 aliphatic heterocycles. The Kier molecular flexibility index (Phi) is 5.56. The summed E-state index contributed by atoms with van der Waals surface area (Å²) in [6.45, 7) is 5.79. The first-order valence-corrected chi connectivity index (χ1v) is 7.51. The number of amides is 1. The Balaban J connectivity index is 1.93. The third-order valence-corrected chi connectivity index (χ3v) is 3.52. The fraction of sp³-hybridized carbons (Fsp3) is 0.562. The highest BCUT2D eigenvalue weighted by Gasteiger charge is 2.16. The minimum atomic E-state index is -0.388. The normalized spacial score (nSPS) is 18.0. The smallest absolute Gasteiger partial charge is 0.224 e. The van der Waals surface area contributed by atoms with E-state index in [4.69, 9.17) is 4.74 Å². The Morgan fingerprint density at radius 3 is 3.00 bits per heavy atom. The first-order valence-electron chi connectivity index (χ1n) is 7.51. The first kappa shape index (κ1) is 15.8. The second-order valence-electron chi connectivity index (χ2n) is 5.75. The van der Waals surface area contributed by atoms with Crippen molar-refractivity contribution >= 4 is 11.6 Å². The molecule has 2 N–H and O–H groups in total. The molecule has 1 aliphatic rings. The molecule has 0 bridgehead atoms. The second-order valence-corrected chi connectivity index (χ2v) is 5.75. The van der Waals surface area contributed by atoms with E-state index in [1.807, 2.05) is 13.8 Å². The molecular formula is C16H23FN2O2. The van der Waals surface area contributed by atoms with Crippen LogP contribution in [0.25, 0.3) is 0 Å². The summed E-state index contributed by atoms with van der Waals surface area (Å²) in [5.41, 5.74) is 0.401. The lowest BCUT2D eigenvalue weighted by molar-refractivity contribution is -0.116. The summed E-state index contributed by atoms with van der Waals surface area (Å²) in [5, 5.41) is 6.04. The molecule has 0 aliphatic carbocycles. The lowest BCUT2D eigenvalue weighted by Crippen LogP contribution is -2.16. The molecule has 0 saturated carbocycles. The van der Waals surface area contributed by atoms with Gasteiger partial charge in [-0.05, 0) is 57.8 Å². The molecule has 1 unspecified atom stereocenters. The van der Waals surface area contributed by atoms with Crippen LogP contribution in [0.5, 0.6) is 5.75 Å². The maximum atomic E-state index is 13.4. The van der Waals surface area contributed by atoms with Crippen molar-refractivity contribution in [2.24, 2.45) is 5.92 Å². The summed E-state index contributed by atoms with van der Waals surface area (Å²) < 4.78 is 18.9. The van der Waals surface area contributed by atoms with E-state index in [2.05, 4.69) is 10.6 Å². The second kappa shape index (κ2) is 7.41. The largest absolute Gasteiger partial charge is 0.489 e. The third-order valence-electron chi connectivity index (χ3n) is 3.52. The zero-order valence-corrected chi connectivity index (χ0v) is 12.6. The number of anilines is 1. The zero-order chi connectivity index (χ0) is 15.2. The first-order chi connectivity index (χ1) is 10.0. The van der Waals surface area contributed by atoms with E-state index in [0.717, 1.165) is 25.9 Å². The summed E-state index contributed by atoms with van der Waals surface area (Å²) in [6, 6.07) is 4.18. The Morgan fingerprint density at radius 2 is 2.33 bits per heavy atom. The quantitative estimate of drug-likeness (QED) is 0.848. The van der Waals surface area contributed by atoms with Gasteiger partial charge < -0.3 is 15.4 Å². The monoisotopic (exact) mass is 294 g/mol. The van der Waals surface area contributed by atoms with Crippen molar-refractivity contribution in [3.05, 3.63) is 24.0 Å². The van der Waals surface area contributed by atoms with Crippen LogP contribution in [0.15, 0.2) is 18.2 Å². The van der Waals surface area contributed by atoms with Crippen molar-refractivity contribution in [3.63, 3.8) is 0 Å². The van der Waals surface area contributed by atoms with Crippen molar-refractivity contribution in [3.8, 4) is 5.75 Å². The fourth-order valence-corrected chi connectivity index (χ4v) is 2.47. The number of carbonyl (C=O) groups excluding carboxylic acids is 1. The van der Waals surface area contributed by atoms with E-state index >= 15 is 0 Å². The van der Waals surface area contributed by atoms with Gasteiger partial charge in [0, 0.05) is 12.5 Å². The minimum absolute atomic E-state index is 0.0318. The van der Waals surface area contributed by atoms with Crippen LogP contribution in [-0.2, 0) is 4.79 Å². The molecule has 1 heterocycles. The highest BCUT2D eigenvalue weighted by atomic mass is 19.1. The van der Waals surface area contributed by atoms with Crippen LogP contribution < -0.4 is 15.4 Å². The average Bonchev–Trinajstić information content (AvgIpc) is 2.92. The van der Waals surface area contributed by atoms with Gasteiger partial charge in [0.1, 0.15) is 11.6 Å². The molecule has 116 valence electrons. The number of hydrogen-bond donors (Lipinski definition) is 2. The Hall–Kier alpha value is -1.62. The Bertz CT molecular complexity index is 485. The summed E-state index contributed by atoms with van der Waals surface area (Å²) >= 11 is 0. The van der Waals surface area contributed by atoms with Gasteiger partial charge in [-0.1, -0.05) is 0 Å². The highest BCUT2D eigenvalue weighted by molar-refractivity contribution is 5.92. The minimum Gasteiger partial charge on any atom is -0.489 e. The number of rotatable bonds is 6. The van der Waals surface area contributed by atoms with Gasteiger partial charge in [0.15, 0.2) is 0 Å². The molecular weight excluding hydrogens is 271 g/mol. The van der Waals surface area contributed by atoms with Gasteiger partial charge in [-0.3, -0.25) is 4.79 Å². The highest BCUT2D eigenvalue weighted by Crippen LogP contribution is 2.27. The molecule has 4 nitrogen and oxygen atoms in total. The molecule has 2 rings (SSSR count). The average molecular weight is 294 g/mol. The summed E-state index contributed by atoms with van der Waals surface area (Å²) in [5.74, 6) is 0.583. The molecule has 1 atom stereocenters. The SMILES string of the molecule is CC(C)Oc1ccc(F)cc1NC(=O)CCC1CCNC1. The van der Waals surface area contributed by atoms with Gasteiger partial charge in [-0.2, -0.15) is 0 Å². The molecule has 0 spiro atoms. The maximum Gasteiger partial charge on any atom is 0.224 e. The molecule has 0 radical (unpaired) electrons. The molecule has 1 saturated heterocycles. The number of benzene rings is 1. The van der Waals surface area contributed by atoms with E-state index in [9.17, 15) is 9.18 Å². The predicted molar refractivity (Wildman–Crippen MR) is 81.0 cm³/mol. The summed E-state index contributed by atoms with van der Waals surface area (Å²) in [6.07, 6.45) is 2.39. The molecule has 1 aromatic carbocycles. The maximum absolute atomic E-state index is 13.4. The molecule has 1 amide bonds. The number of carbonyl (C=O) groups is 1. The number of nitrogens with one attached hydrogen (secondary N) is 2. The van der Waals surface area contributed by atoms with E-state index < -0.39 is 0 Å². The van der Waals surface area contributed by atoms with Crippen molar-refractivity contribution in [2.75, 3.05) is 18.4 Å². The van der Waals surface area contributed by atoms with Gasteiger partial charge >= 0.3 is 0 Å². The van der Waals surface area contributed by atoms with Crippen LogP contribution in [0.1, 0.15) is 33.1 Å². The summed E-state index contributed by atoms with van der Waals surface area (Å²) in [4.78, 5) is 12.0. The molecule has 1 aromatic rings. The lowest BCUT2D eigenvalue weighted by atomic mass is 10.0. The van der Waals surface area contributed by atoms with Gasteiger partial charge in [0.05, 0.1) is 11.8 Å². The van der Waals surface area contributed by atoms with E-state index in [-0.39, 0.29) is 17.8 Å². The van der Waals surface area contributed by atoms with E-state index in [1.165, 1.54) is 12.1 Å².